The fraction of sp³-hybridized carbons (Fsp3) is 0.565. The molecule has 31 heavy (non-hydrogen) atoms. The molecule has 1 aliphatic carbocycles. The molecule has 2 aliphatic rings. The molecular weight excluding hydrogens is 422 g/mol. The third kappa shape index (κ3) is 5.68. The highest BCUT2D eigenvalue weighted by Crippen LogP contribution is 2.36. The molecule has 4 N–H and O–H groups in total. The molecular formula is C23H32ClNO6. The van der Waals surface area contributed by atoms with Crippen LogP contribution in [-0.2, 0) is 16.0 Å². The Balaban J connectivity index is 1.72. The minimum atomic E-state index is -1.32. The summed E-state index contributed by atoms with van der Waals surface area (Å²) in [5, 5.41) is 32.1. The fourth-order valence-corrected chi connectivity index (χ4v) is 4.45. The Hall–Kier alpha value is -1.45. The Kier molecular flexibility index (Phi) is 8.52. The van der Waals surface area contributed by atoms with Crippen molar-refractivity contribution in [2.24, 2.45) is 5.92 Å². The summed E-state index contributed by atoms with van der Waals surface area (Å²) in [6.07, 6.45) is -0.273. The number of nitrogens with one attached hydrogen (secondary N) is 1. The van der Waals surface area contributed by atoms with Crippen LogP contribution in [0.5, 0.6) is 5.75 Å². The van der Waals surface area contributed by atoms with Crippen LogP contribution in [0.15, 0.2) is 47.0 Å². The highest BCUT2D eigenvalue weighted by Gasteiger charge is 2.48. The molecule has 1 saturated heterocycles. The van der Waals surface area contributed by atoms with Crippen molar-refractivity contribution in [1.29, 1.82) is 0 Å². The van der Waals surface area contributed by atoms with Gasteiger partial charge in [-0.05, 0) is 56.0 Å². The predicted molar refractivity (Wildman–Crippen MR) is 118 cm³/mol. The van der Waals surface area contributed by atoms with Gasteiger partial charge in [0.25, 0.3) is 0 Å². The number of halogens is 1. The molecule has 0 spiro atoms. The van der Waals surface area contributed by atoms with Gasteiger partial charge in [-0.2, -0.15) is 5.48 Å². The molecule has 7 nitrogen and oxygen atoms in total. The summed E-state index contributed by atoms with van der Waals surface area (Å²) in [5.74, 6) is 0.624. The minimum Gasteiger partial charge on any atom is -0.494 e. The summed E-state index contributed by atoms with van der Waals surface area (Å²) in [7, 11) is 1.47. The van der Waals surface area contributed by atoms with E-state index in [0.717, 1.165) is 16.9 Å². The first kappa shape index (κ1) is 24.2. The topological polar surface area (TPSA) is 100 Å². The number of hydrogen-bond acceptors (Lipinski definition) is 7. The van der Waals surface area contributed by atoms with E-state index in [-0.39, 0.29) is 12.0 Å². The number of hydroxylamine groups is 1. The van der Waals surface area contributed by atoms with Crippen molar-refractivity contribution in [3.05, 3.63) is 52.6 Å². The van der Waals surface area contributed by atoms with Crippen molar-refractivity contribution < 1.29 is 29.6 Å². The molecule has 172 valence electrons. The smallest absolute Gasteiger partial charge is 0.119 e. The maximum Gasteiger partial charge on any atom is 0.119 e. The lowest BCUT2D eigenvalue weighted by Crippen LogP contribution is -2.63. The lowest BCUT2D eigenvalue weighted by atomic mass is 9.80. The van der Waals surface area contributed by atoms with Crippen LogP contribution < -0.4 is 10.2 Å². The zero-order chi connectivity index (χ0) is 22.5. The third-order valence-electron chi connectivity index (χ3n) is 5.87. The van der Waals surface area contributed by atoms with E-state index >= 15 is 0 Å². The summed E-state index contributed by atoms with van der Waals surface area (Å²) in [4.78, 5) is 4.94. The van der Waals surface area contributed by atoms with E-state index in [1.54, 1.807) is 6.92 Å². The van der Waals surface area contributed by atoms with Crippen molar-refractivity contribution in [2.75, 3.05) is 13.7 Å². The van der Waals surface area contributed by atoms with Crippen LogP contribution in [0.4, 0.5) is 0 Å². The van der Waals surface area contributed by atoms with Gasteiger partial charge in [0.15, 0.2) is 0 Å². The second-order valence-corrected chi connectivity index (χ2v) is 8.49. The number of hydrogen-bond donors (Lipinski definition) is 4. The van der Waals surface area contributed by atoms with Gasteiger partial charge in [0.05, 0.1) is 25.9 Å². The lowest BCUT2D eigenvalue weighted by Gasteiger charge is -2.45. The van der Waals surface area contributed by atoms with Gasteiger partial charge in [0.1, 0.15) is 30.2 Å². The standard InChI is InChI=1S/C23H32ClNO6/c1-4-30-17-8-5-14(6-9-17)11-16-12-15(7-10-18(16)24)23-21(28)19(26)20(27)22(31-23)13(2)25-29-3/h5-10,13,15,19-23,25-28H,4,11-12H2,1-3H3/t13?,15?,19-,20-,21+,22?,23-/m0/s1. The van der Waals surface area contributed by atoms with Gasteiger partial charge in [-0.15, -0.1) is 0 Å². The van der Waals surface area contributed by atoms with E-state index in [0.29, 0.717) is 24.5 Å². The molecule has 1 heterocycles. The SMILES string of the molecule is CCOc1ccc(CC2=C(Cl)C=CC([C@@H]3OC(C(C)NOC)[C@@H](O)[C@H](O)[C@H]3O)C2)cc1. The molecule has 0 aromatic heterocycles. The summed E-state index contributed by atoms with van der Waals surface area (Å²) in [6, 6.07) is 7.50. The van der Waals surface area contributed by atoms with E-state index in [4.69, 9.17) is 25.9 Å². The summed E-state index contributed by atoms with van der Waals surface area (Å²) in [6.45, 7) is 4.34. The van der Waals surface area contributed by atoms with Gasteiger partial charge in [0, 0.05) is 11.0 Å². The summed E-state index contributed by atoms with van der Waals surface area (Å²) >= 11 is 6.48. The van der Waals surface area contributed by atoms with Gasteiger partial charge >= 0.3 is 0 Å². The molecule has 7 atom stereocenters. The van der Waals surface area contributed by atoms with E-state index in [1.165, 1.54) is 7.11 Å². The Morgan fingerprint density at radius 3 is 2.52 bits per heavy atom. The molecule has 0 amide bonds. The average Bonchev–Trinajstić information content (AvgIpc) is 2.76. The maximum absolute atomic E-state index is 10.6. The van der Waals surface area contributed by atoms with Gasteiger partial charge in [-0.3, -0.25) is 0 Å². The van der Waals surface area contributed by atoms with Gasteiger partial charge < -0.3 is 29.6 Å². The molecule has 0 saturated carbocycles. The van der Waals surface area contributed by atoms with Crippen LogP contribution >= 0.6 is 11.6 Å². The highest BCUT2D eigenvalue weighted by molar-refractivity contribution is 6.31. The second kappa shape index (κ2) is 10.9. The first-order chi connectivity index (χ1) is 14.8. The Morgan fingerprint density at radius 2 is 1.87 bits per heavy atom. The Bertz CT molecular complexity index is 783. The third-order valence-corrected chi connectivity index (χ3v) is 6.26. The second-order valence-electron chi connectivity index (χ2n) is 8.08. The van der Waals surface area contributed by atoms with E-state index < -0.39 is 30.5 Å². The van der Waals surface area contributed by atoms with Crippen LogP contribution in [0.1, 0.15) is 25.8 Å². The largest absolute Gasteiger partial charge is 0.494 e. The Morgan fingerprint density at radius 1 is 1.16 bits per heavy atom. The van der Waals surface area contributed by atoms with Crippen molar-refractivity contribution in [3.63, 3.8) is 0 Å². The number of aliphatic hydroxyl groups excluding tert-OH is 3. The highest BCUT2D eigenvalue weighted by atomic mass is 35.5. The number of benzene rings is 1. The van der Waals surface area contributed by atoms with E-state index in [2.05, 4.69) is 5.48 Å². The van der Waals surface area contributed by atoms with Crippen molar-refractivity contribution >= 4 is 11.6 Å². The molecule has 1 aromatic carbocycles. The van der Waals surface area contributed by atoms with Crippen LogP contribution in [0, 0.1) is 5.92 Å². The normalized spacial score (nSPS) is 32.2. The zero-order valence-electron chi connectivity index (χ0n) is 18.1. The van der Waals surface area contributed by atoms with Crippen molar-refractivity contribution in [1.82, 2.24) is 5.48 Å². The van der Waals surface area contributed by atoms with Crippen molar-refractivity contribution in [3.8, 4) is 5.75 Å². The van der Waals surface area contributed by atoms with E-state index in [1.807, 2.05) is 43.3 Å². The fourth-order valence-electron chi connectivity index (χ4n) is 4.23. The summed E-state index contributed by atoms with van der Waals surface area (Å²) in [5.41, 5.74) is 4.85. The predicted octanol–water partition coefficient (Wildman–Crippen LogP) is 2.09. The van der Waals surface area contributed by atoms with E-state index in [9.17, 15) is 15.3 Å². The quantitative estimate of drug-likeness (QED) is 0.447. The van der Waals surface area contributed by atoms with Crippen molar-refractivity contribution in [2.45, 2.75) is 63.3 Å². The molecule has 3 unspecified atom stereocenters. The molecule has 1 aliphatic heterocycles. The average molecular weight is 454 g/mol. The van der Waals surface area contributed by atoms with Crippen LogP contribution in [0.25, 0.3) is 0 Å². The van der Waals surface area contributed by atoms with Crippen LogP contribution in [0.2, 0.25) is 0 Å². The maximum atomic E-state index is 10.6. The van der Waals surface area contributed by atoms with Gasteiger partial charge in [-0.25, -0.2) is 0 Å². The molecule has 0 bridgehead atoms. The minimum absolute atomic E-state index is 0.199. The number of aliphatic hydroxyl groups is 3. The molecule has 1 aromatic rings. The monoisotopic (exact) mass is 453 g/mol. The zero-order valence-corrected chi connectivity index (χ0v) is 18.8. The molecule has 1 fully saturated rings. The molecule has 0 radical (unpaired) electrons. The van der Waals surface area contributed by atoms with Crippen LogP contribution in [-0.4, -0.2) is 65.6 Å². The van der Waals surface area contributed by atoms with Gasteiger partial charge in [0.2, 0.25) is 0 Å². The number of rotatable bonds is 8. The molecule has 3 rings (SSSR count). The Labute approximate surface area is 188 Å². The summed E-state index contributed by atoms with van der Waals surface area (Å²) < 4.78 is 11.6. The number of allylic oxidation sites excluding steroid dienone is 3. The first-order valence-electron chi connectivity index (χ1n) is 10.6. The van der Waals surface area contributed by atoms with Gasteiger partial charge in [-0.1, -0.05) is 29.8 Å². The van der Waals surface area contributed by atoms with Crippen LogP contribution in [0.3, 0.4) is 0 Å². The lowest BCUT2D eigenvalue weighted by molar-refractivity contribution is -0.241. The molecule has 8 heteroatoms. The first-order valence-corrected chi connectivity index (χ1v) is 11.0. The number of ether oxygens (including phenoxy) is 2.